The first-order valence-corrected chi connectivity index (χ1v) is 3.21. The van der Waals surface area contributed by atoms with Crippen LogP contribution in [0.2, 0.25) is 0 Å². The van der Waals surface area contributed by atoms with Crippen molar-refractivity contribution in [3.05, 3.63) is 0 Å². The van der Waals surface area contributed by atoms with Crippen LogP contribution in [-0.4, -0.2) is 9.17 Å². The van der Waals surface area contributed by atoms with Crippen molar-refractivity contribution < 1.29 is 0 Å². The van der Waals surface area contributed by atoms with E-state index < -0.39 is 9.17 Å². The molecule has 0 bridgehead atoms. The Morgan fingerprint density at radius 1 is 1.38 bits per heavy atom. The molecule has 0 heterocycles. The van der Waals surface area contributed by atoms with Gasteiger partial charge in [0.05, 0.1) is 0 Å². The summed E-state index contributed by atoms with van der Waals surface area (Å²) in [7, 11) is 0. The lowest BCUT2D eigenvalue weighted by molar-refractivity contribution is 1.07. The predicted octanol–water partition coefficient (Wildman–Crippen LogP) is 2.49. The zero-order valence-electron chi connectivity index (χ0n) is 3.54. The van der Waals surface area contributed by atoms with Crippen LogP contribution >= 0.6 is 46.4 Å². The topological polar surface area (TPSA) is 23.8 Å². The van der Waals surface area contributed by atoms with Crippen LogP contribution < -0.4 is 0 Å². The van der Waals surface area contributed by atoms with Gasteiger partial charge in [-0.05, 0) is 0 Å². The van der Waals surface area contributed by atoms with Crippen molar-refractivity contribution >= 4 is 46.4 Å². The zero-order chi connectivity index (χ0) is 6.78. The molecule has 0 saturated carbocycles. The molecule has 0 fully saturated rings. The second kappa shape index (κ2) is 2.98. The van der Waals surface area contributed by atoms with Crippen LogP contribution in [0.15, 0.2) is 0 Å². The van der Waals surface area contributed by atoms with Crippen LogP contribution in [0.25, 0.3) is 0 Å². The maximum atomic E-state index is 8.08. The molecule has 0 saturated heterocycles. The Morgan fingerprint density at radius 3 is 1.75 bits per heavy atom. The first-order chi connectivity index (χ1) is 3.50. The van der Waals surface area contributed by atoms with Gasteiger partial charge in [0.2, 0.25) is 4.33 Å². The monoisotopic (exact) mass is 191 g/mol. The Balaban J connectivity index is 3.97. The van der Waals surface area contributed by atoms with Crippen LogP contribution in [0, 0.1) is 11.3 Å². The van der Waals surface area contributed by atoms with Gasteiger partial charge < -0.3 is 0 Å². The van der Waals surface area contributed by atoms with Crippen molar-refractivity contribution in [2.24, 2.45) is 0 Å². The summed E-state index contributed by atoms with van der Waals surface area (Å²) in [5, 5.41) is 8.08. The van der Waals surface area contributed by atoms with Crippen LogP contribution in [0.1, 0.15) is 0 Å². The lowest BCUT2D eigenvalue weighted by Crippen LogP contribution is -2.18. The fourth-order valence-corrected chi connectivity index (χ4v) is 0.146. The van der Waals surface area contributed by atoms with Crippen molar-refractivity contribution in [1.29, 1.82) is 5.26 Å². The van der Waals surface area contributed by atoms with E-state index in [-0.39, 0.29) is 0 Å². The molecule has 0 aliphatic carbocycles. The van der Waals surface area contributed by atoms with Gasteiger partial charge in [-0.3, -0.25) is 0 Å². The van der Waals surface area contributed by atoms with Gasteiger partial charge in [-0.15, -0.1) is 23.2 Å². The number of hydrogen-bond acceptors (Lipinski definition) is 1. The first kappa shape index (κ1) is 8.65. The normalized spacial score (nSPS) is 11.5. The van der Waals surface area contributed by atoms with Crippen molar-refractivity contribution in [2.75, 3.05) is 0 Å². The summed E-state index contributed by atoms with van der Waals surface area (Å²) in [6, 6.07) is 1.51. The van der Waals surface area contributed by atoms with Crippen LogP contribution in [-0.2, 0) is 0 Å². The third kappa shape index (κ3) is 2.28. The molecular formula is C3HCl4N. The van der Waals surface area contributed by atoms with Gasteiger partial charge in [-0.25, -0.2) is 0 Å². The largest absolute Gasteiger partial charge is 0.232 e. The van der Waals surface area contributed by atoms with E-state index in [0.717, 1.165) is 0 Å². The lowest BCUT2D eigenvalue weighted by atomic mass is 10.5. The SMILES string of the molecule is N#CC(Cl)(Cl)C(Cl)Cl. The average molecular weight is 193 g/mol. The van der Waals surface area contributed by atoms with E-state index in [1.807, 2.05) is 0 Å². The Labute approximate surface area is 67.1 Å². The van der Waals surface area contributed by atoms with E-state index in [4.69, 9.17) is 51.7 Å². The van der Waals surface area contributed by atoms with E-state index in [1.165, 1.54) is 6.07 Å². The summed E-state index contributed by atoms with van der Waals surface area (Å²) >= 11 is 20.7. The summed E-state index contributed by atoms with van der Waals surface area (Å²) in [5.41, 5.74) is 0. The molecule has 0 amide bonds. The zero-order valence-corrected chi connectivity index (χ0v) is 6.56. The van der Waals surface area contributed by atoms with E-state index in [1.54, 1.807) is 0 Å². The van der Waals surface area contributed by atoms with Crippen LogP contribution in [0.3, 0.4) is 0 Å². The van der Waals surface area contributed by atoms with Gasteiger partial charge in [0.1, 0.15) is 6.07 Å². The molecular weight excluding hydrogens is 192 g/mol. The number of nitrogens with zero attached hydrogens (tertiary/aromatic N) is 1. The first-order valence-electron chi connectivity index (χ1n) is 1.58. The highest BCUT2D eigenvalue weighted by molar-refractivity contribution is 6.61. The smallest absolute Gasteiger partial charge is 0.195 e. The number of alkyl halides is 4. The Bertz CT molecular complexity index is 113. The maximum Gasteiger partial charge on any atom is 0.232 e. The molecule has 0 rings (SSSR count). The quantitative estimate of drug-likeness (QED) is 0.586. The lowest BCUT2D eigenvalue weighted by Gasteiger charge is -2.08. The fraction of sp³-hybridized carbons (Fsp3) is 0.667. The molecule has 0 aromatic heterocycles. The minimum Gasteiger partial charge on any atom is -0.195 e. The predicted molar refractivity (Wildman–Crippen MR) is 35.5 cm³/mol. The number of rotatable bonds is 1. The van der Waals surface area contributed by atoms with Gasteiger partial charge >= 0.3 is 0 Å². The highest BCUT2D eigenvalue weighted by atomic mass is 35.5. The van der Waals surface area contributed by atoms with Crippen LogP contribution in [0.4, 0.5) is 0 Å². The third-order valence-electron chi connectivity index (χ3n) is 0.423. The third-order valence-corrected chi connectivity index (χ3v) is 2.13. The van der Waals surface area contributed by atoms with Gasteiger partial charge in [-0.2, -0.15) is 5.26 Å². The highest BCUT2D eigenvalue weighted by Gasteiger charge is 2.31. The molecule has 0 unspecified atom stereocenters. The fourth-order valence-electron chi connectivity index (χ4n) is 0.0488. The van der Waals surface area contributed by atoms with Gasteiger partial charge in [0, 0.05) is 0 Å². The standard InChI is InChI=1S/C3HCl4N/c4-2(5)3(6,7)1-8/h2H. The number of halogens is 4. The van der Waals surface area contributed by atoms with Crippen molar-refractivity contribution in [1.82, 2.24) is 0 Å². The second-order valence-electron chi connectivity index (χ2n) is 1.04. The molecule has 1 nitrogen and oxygen atoms in total. The van der Waals surface area contributed by atoms with Crippen molar-refractivity contribution in [2.45, 2.75) is 9.17 Å². The van der Waals surface area contributed by atoms with Crippen molar-refractivity contribution in [3.8, 4) is 6.07 Å². The second-order valence-corrected chi connectivity index (χ2v) is 3.52. The van der Waals surface area contributed by atoms with E-state index in [2.05, 4.69) is 0 Å². The average Bonchev–Trinajstić information content (AvgIpc) is 1.67. The Hall–Kier alpha value is 0.650. The molecule has 0 radical (unpaired) electrons. The molecule has 0 atom stereocenters. The van der Waals surface area contributed by atoms with E-state index >= 15 is 0 Å². The van der Waals surface area contributed by atoms with Crippen LogP contribution in [0.5, 0.6) is 0 Å². The molecule has 5 heteroatoms. The molecule has 0 aliphatic heterocycles. The highest BCUT2D eigenvalue weighted by Crippen LogP contribution is 2.30. The summed E-state index contributed by atoms with van der Waals surface area (Å²) in [4.78, 5) is -1.07. The number of hydrogen-bond donors (Lipinski definition) is 0. The summed E-state index contributed by atoms with van der Waals surface area (Å²) < 4.78 is -1.68. The number of nitriles is 1. The van der Waals surface area contributed by atoms with Crippen molar-refractivity contribution in [3.63, 3.8) is 0 Å². The summed E-state index contributed by atoms with van der Waals surface area (Å²) in [6.45, 7) is 0. The minimum atomic E-state index is -1.68. The molecule has 46 valence electrons. The Kier molecular flexibility index (Phi) is 3.23. The molecule has 0 aromatic rings. The molecule has 8 heavy (non-hydrogen) atoms. The van der Waals surface area contributed by atoms with Gasteiger partial charge in [-0.1, -0.05) is 23.2 Å². The molecule has 0 aromatic carbocycles. The summed E-state index contributed by atoms with van der Waals surface area (Å²) in [5.74, 6) is 0. The Morgan fingerprint density at radius 2 is 1.75 bits per heavy atom. The maximum absolute atomic E-state index is 8.08. The van der Waals surface area contributed by atoms with E-state index in [0.29, 0.717) is 0 Å². The van der Waals surface area contributed by atoms with E-state index in [9.17, 15) is 0 Å². The van der Waals surface area contributed by atoms with Gasteiger partial charge in [0.15, 0.2) is 4.84 Å². The minimum absolute atomic E-state index is 1.07. The van der Waals surface area contributed by atoms with Gasteiger partial charge in [0.25, 0.3) is 0 Å². The summed E-state index contributed by atoms with van der Waals surface area (Å²) in [6.07, 6.45) is 0. The molecule has 0 N–H and O–H groups in total. The molecule has 0 spiro atoms. The molecule has 0 aliphatic rings.